The third kappa shape index (κ3) is 6.11. The Bertz CT molecular complexity index is 617. The highest BCUT2D eigenvalue weighted by molar-refractivity contribution is 14.0. The maximum Gasteiger partial charge on any atom is 0.193 e. The molecule has 0 atom stereocenters. The number of aliphatic imine (C=N–C) groups is 1. The molecule has 4 nitrogen and oxygen atoms in total. The fraction of sp³-hybridized carbons (Fsp3) is 0.188. The number of halogens is 2. The molecule has 0 spiro atoms. The van der Waals surface area contributed by atoms with Crippen molar-refractivity contribution in [1.29, 1.82) is 0 Å². The van der Waals surface area contributed by atoms with Crippen molar-refractivity contribution in [3.05, 3.63) is 59.1 Å². The number of nitrogens with two attached hydrogens (primary N) is 1. The zero-order valence-corrected chi connectivity index (χ0v) is 15.3. The lowest BCUT2D eigenvalue weighted by molar-refractivity contribution is 0.415. The van der Waals surface area contributed by atoms with Crippen LogP contribution in [0, 0.1) is 0 Å². The Kier molecular flexibility index (Phi) is 8.05. The molecule has 118 valence electrons. The van der Waals surface area contributed by atoms with Crippen LogP contribution in [0.5, 0.6) is 5.75 Å². The molecule has 2 rings (SSSR count). The topological polar surface area (TPSA) is 59.6 Å². The number of nitrogens with zero attached hydrogens (tertiary/aromatic N) is 1. The van der Waals surface area contributed by atoms with Crippen LogP contribution in [0.3, 0.4) is 0 Å². The van der Waals surface area contributed by atoms with Gasteiger partial charge in [-0.15, -0.1) is 24.0 Å². The van der Waals surface area contributed by atoms with Crippen LogP contribution in [0.25, 0.3) is 0 Å². The lowest BCUT2D eigenvalue weighted by Gasteiger charge is -2.06. The predicted molar refractivity (Wildman–Crippen MR) is 104 cm³/mol. The minimum Gasteiger partial charge on any atom is -0.497 e. The van der Waals surface area contributed by atoms with E-state index in [2.05, 4.69) is 10.3 Å². The first-order valence-electron chi connectivity index (χ1n) is 6.63. The van der Waals surface area contributed by atoms with E-state index in [1.165, 1.54) is 0 Å². The maximum absolute atomic E-state index is 5.94. The molecule has 0 amide bonds. The Morgan fingerprint density at radius 1 is 1.23 bits per heavy atom. The van der Waals surface area contributed by atoms with Gasteiger partial charge in [0.25, 0.3) is 0 Å². The zero-order chi connectivity index (χ0) is 15.1. The fourth-order valence-electron chi connectivity index (χ4n) is 1.86. The van der Waals surface area contributed by atoms with E-state index in [0.717, 1.165) is 28.4 Å². The largest absolute Gasteiger partial charge is 0.497 e. The van der Waals surface area contributed by atoms with Gasteiger partial charge in [-0.2, -0.15) is 0 Å². The van der Waals surface area contributed by atoms with E-state index < -0.39 is 0 Å². The van der Waals surface area contributed by atoms with Gasteiger partial charge < -0.3 is 15.8 Å². The van der Waals surface area contributed by atoms with Crippen molar-refractivity contribution in [1.82, 2.24) is 0 Å². The molecule has 3 N–H and O–H groups in total. The number of hydrogen-bond acceptors (Lipinski definition) is 2. The summed E-state index contributed by atoms with van der Waals surface area (Å²) in [5, 5.41) is 3.77. The van der Waals surface area contributed by atoms with Crippen LogP contribution in [0.15, 0.2) is 53.5 Å². The highest BCUT2D eigenvalue weighted by Crippen LogP contribution is 2.14. The van der Waals surface area contributed by atoms with Gasteiger partial charge in [-0.3, -0.25) is 4.99 Å². The van der Waals surface area contributed by atoms with Gasteiger partial charge in [0, 0.05) is 17.3 Å². The number of nitrogens with one attached hydrogen (secondary N) is 1. The molecule has 0 aliphatic carbocycles. The first-order valence-corrected chi connectivity index (χ1v) is 7.00. The van der Waals surface area contributed by atoms with Gasteiger partial charge >= 0.3 is 0 Å². The molecular formula is C16H19ClIN3O. The Morgan fingerprint density at radius 3 is 2.59 bits per heavy atom. The molecule has 2 aromatic rings. The minimum atomic E-state index is 0. The summed E-state index contributed by atoms with van der Waals surface area (Å²) < 4.78 is 5.10. The van der Waals surface area contributed by atoms with Gasteiger partial charge in [-0.1, -0.05) is 23.7 Å². The van der Waals surface area contributed by atoms with Gasteiger partial charge in [-0.05, 0) is 48.4 Å². The highest BCUT2D eigenvalue weighted by Gasteiger charge is 1.97. The van der Waals surface area contributed by atoms with Crippen molar-refractivity contribution in [2.45, 2.75) is 6.42 Å². The molecule has 0 saturated carbocycles. The monoisotopic (exact) mass is 431 g/mol. The fourth-order valence-corrected chi connectivity index (χ4v) is 2.07. The molecule has 0 heterocycles. The summed E-state index contributed by atoms with van der Waals surface area (Å²) in [6.07, 6.45) is 0.797. The molecule has 0 radical (unpaired) electrons. The standard InChI is InChI=1S/C16H18ClN3O.HI/c1-21-15-7-5-14(6-8-15)20-16(18)19-10-9-12-3-2-4-13(17)11-12;/h2-8,11H,9-10H2,1H3,(H3,18,19,20);1H. The van der Waals surface area contributed by atoms with E-state index >= 15 is 0 Å². The molecule has 22 heavy (non-hydrogen) atoms. The molecule has 0 saturated heterocycles. The van der Waals surface area contributed by atoms with Gasteiger partial charge in [0.2, 0.25) is 0 Å². The Hall–Kier alpha value is -1.47. The number of methoxy groups -OCH3 is 1. The molecule has 0 aliphatic rings. The van der Waals surface area contributed by atoms with Crippen LogP contribution < -0.4 is 15.8 Å². The highest BCUT2D eigenvalue weighted by atomic mass is 127. The van der Waals surface area contributed by atoms with Crippen LogP contribution in [-0.2, 0) is 6.42 Å². The average molecular weight is 432 g/mol. The summed E-state index contributed by atoms with van der Waals surface area (Å²) >= 11 is 5.94. The summed E-state index contributed by atoms with van der Waals surface area (Å²) in [6.45, 7) is 0.606. The molecule has 2 aromatic carbocycles. The summed E-state index contributed by atoms with van der Waals surface area (Å²) in [5.74, 6) is 1.19. The van der Waals surface area contributed by atoms with E-state index in [4.69, 9.17) is 22.1 Å². The second-order valence-electron chi connectivity index (χ2n) is 4.50. The molecule has 0 aliphatic heterocycles. The van der Waals surface area contributed by atoms with Crippen molar-refractivity contribution < 1.29 is 4.74 Å². The second-order valence-corrected chi connectivity index (χ2v) is 4.94. The van der Waals surface area contributed by atoms with E-state index in [0.29, 0.717) is 12.5 Å². The second kappa shape index (κ2) is 9.53. The number of ether oxygens (including phenoxy) is 1. The van der Waals surface area contributed by atoms with Crippen molar-refractivity contribution in [2.24, 2.45) is 10.7 Å². The SMILES string of the molecule is COc1ccc(NC(N)=NCCc2cccc(Cl)c2)cc1.I. The number of anilines is 1. The van der Waals surface area contributed by atoms with Crippen molar-refractivity contribution >= 4 is 47.2 Å². The molecular weight excluding hydrogens is 413 g/mol. The van der Waals surface area contributed by atoms with Gasteiger partial charge in [0.1, 0.15) is 5.75 Å². The molecule has 6 heteroatoms. The smallest absolute Gasteiger partial charge is 0.193 e. The minimum absolute atomic E-state index is 0. The normalized spacial score (nSPS) is 10.7. The Balaban J connectivity index is 0.00000242. The van der Waals surface area contributed by atoms with E-state index in [-0.39, 0.29) is 24.0 Å². The van der Waals surface area contributed by atoms with Gasteiger partial charge in [-0.25, -0.2) is 0 Å². The van der Waals surface area contributed by atoms with Crippen LogP contribution in [-0.4, -0.2) is 19.6 Å². The summed E-state index contributed by atoms with van der Waals surface area (Å²) in [7, 11) is 1.63. The summed E-state index contributed by atoms with van der Waals surface area (Å²) in [6, 6.07) is 15.2. The summed E-state index contributed by atoms with van der Waals surface area (Å²) in [5.41, 5.74) is 7.87. The van der Waals surface area contributed by atoms with E-state index in [9.17, 15) is 0 Å². The van der Waals surface area contributed by atoms with E-state index in [1.54, 1.807) is 7.11 Å². The third-order valence-electron chi connectivity index (χ3n) is 2.93. The molecule has 0 fully saturated rings. The van der Waals surface area contributed by atoms with Gasteiger partial charge in [0.15, 0.2) is 5.96 Å². The number of guanidine groups is 1. The van der Waals surface area contributed by atoms with Crippen LogP contribution in [0.1, 0.15) is 5.56 Å². The number of hydrogen-bond donors (Lipinski definition) is 2. The first-order chi connectivity index (χ1) is 10.2. The van der Waals surface area contributed by atoms with Crippen molar-refractivity contribution in [2.75, 3.05) is 19.0 Å². The Morgan fingerprint density at radius 2 is 1.95 bits per heavy atom. The van der Waals surface area contributed by atoms with E-state index in [1.807, 2.05) is 48.5 Å². The number of benzene rings is 2. The predicted octanol–water partition coefficient (Wildman–Crippen LogP) is 3.94. The molecule has 0 aromatic heterocycles. The average Bonchev–Trinajstić information content (AvgIpc) is 2.48. The zero-order valence-electron chi connectivity index (χ0n) is 12.3. The van der Waals surface area contributed by atoms with Crippen LogP contribution >= 0.6 is 35.6 Å². The lowest BCUT2D eigenvalue weighted by atomic mass is 10.1. The first kappa shape index (κ1) is 18.6. The van der Waals surface area contributed by atoms with Gasteiger partial charge in [0.05, 0.1) is 7.11 Å². The van der Waals surface area contributed by atoms with Crippen LogP contribution in [0.2, 0.25) is 5.02 Å². The molecule has 0 unspecified atom stereocenters. The van der Waals surface area contributed by atoms with Crippen molar-refractivity contribution in [3.63, 3.8) is 0 Å². The molecule has 0 bridgehead atoms. The van der Waals surface area contributed by atoms with Crippen LogP contribution in [0.4, 0.5) is 5.69 Å². The summed E-state index contributed by atoms with van der Waals surface area (Å²) in [4.78, 5) is 4.30. The Labute approximate surface area is 152 Å². The number of rotatable bonds is 5. The maximum atomic E-state index is 5.94. The van der Waals surface area contributed by atoms with Crippen molar-refractivity contribution in [3.8, 4) is 5.75 Å². The lowest BCUT2D eigenvalue weighted by Crippen LogP contribution is -2.23. The third-order valence-corrected chi connectivity index (χ3v) is 3.17. The quantitative estimate of drug-likeness (QED) is 0.428.